The van der Waals surface area contributed by atoms with E-state index in [4.69, 9.17) is 4.74 Å². The minimum Gasteiger partial charge on any atom is -0.508 e. The van der Waals surface area contributed by atoms with Crippen LogP contribution >= 0.6 is 11.3 Å². The molecule has 4 nitrogen and oxygen atoms in total. The van der Waals surface area contributed by atoms with E-state index in [9.17, 15) is 14.3 Å². The Labute approximate surface area is 215 Å². The van der Waals surface area contributed by atoms with Crippen molar-refractivity contribution in [1.29, 1.82) is 0 Å². The number of likely N-dealkylation sites (tertiary alicyclic amines) is 1. The first-order chi connectivity index (χ1) is 17.6. The van der Waals surface area contributed by atoms with Crippen molar-refractivity contribution < 1.29 is 19.0 Å². The van der Waals surface area contributed by atoms with E-state index >= 15 is 0 Å². The molecule has 6 heteroatoms. The van der Waals surface area contributed by atoms with Gasteiger partial charge >= 0.3 is 0 Å². The molecule has 0 spiro atoms. The number of carbonyl (C=O) groups is 1. The molecule has 0 amide bonds. The minimum absolute atomic E-state index is 0.100. The number of ketones is 1. The number of hydrogen-bond acceptors (Lipinski definition) is 5. The zero-order valence-corrected chi connectivity index (χ0v) is 21.0. The van der Waals surface area contributed by atoms with Crippen molar-refractivity contribution in [1.82, 2.24) is 4.90 Å². The van der Waals surface area contributed by atoms with Gasteiger partial charge in [0.25, 0.3) is 0 Å². The van der Waals surface area contributed by atoms with Crippen molar-refractivity contribution >= 4 is 27.2 Å². The van der Waals surface area contributed by atoms with Crippen LogP contribution in [0.5, 0.6) is 11.5 Å². The quantitative estimate of drug-likeness (QED) is 0.253. The third-order valence-electron chi connectivity index (χ3n) is 6.77. The number of alkyl halides is 1. The number of thiophene rings is 1. The molecule has 1 fully saturated rings. The Kier molecular flexibility index (Phi) is 7.63. The molecule has 0 bridgehead atoms. The number of nitrogens with zero attached hydrogens (tertiary/aromatic N) is 1. The number of benzene rings is 3. The Balaban J connectivity index is 1.42. The molecule has 0 saturated carbocycles. The highest BCUT2D eigenvalue weighted by Gasteiger charge is 2.23. The van der Waals surface area contributed by atoms with Crippen LogP contribution in [0.3, 0.4) is 0 Å². The molecule has 4 aromatic rings. The Hall–Kier alpha value is -3.22. The molecule has 1 aromatic heterocycles. The summed E-state index contributed by atoms with van der Waals surface area (Å²) in [5, 5.41) is 10.8. The van der Waals surface area contributed by atoms with E-state index < -0.39 is 6.67 Å². The maximum absolute atomic E-state index is 13.8. The number of halogens is 1. The van der Waals surface area contributed by atoms with Gasteiger partial charge in [-0.2, -0.15) is 0 Å². The Morgan fingerprint density at radius 2 is 1.78 bits per heavy atom. The molecule has 0 aliphatic carbocycles. The molecule has 1 aliphatic rings. The lowest BCUT2D eigenvalue weighted by Gasteiger charge is -2.26. The second kappa shape index (κ2) is 11.2. The van der Waals surface area contributed by atoms with Gasteiger partial charge in [-0.25, -0.2) is 0 Å². The molecule has 1 aliphatic heterocycles. The fourth-order valence-corrected chi connectivity index (χ4v) is 6.18. The molecule has 0 atom stereocenters. The number of ether oxygens (including phenoxy) is 1. The molecular formula is C30H30FNO3S. The molecule has 36 heavy (non-hydrogen) atoms. The van der Waals surface area contributed by atoms with Crippen molar-refractivity contribution in [3.05, 3.63) is 83.4 Å². The molecular weight excluding hydrogens is 473 g/mol. The zero-order chi connectivity index (χ0) is 24.9. The molecule has 2 heterocycles. The number of carbonyl (C=O) groups excluding carboxylic acids is 1. The van der Waals surface area contributed by atoms with Crippen molar-refractivity contribution in [2.75, 3.05) is 32.9 Å². The topological polar surface area (TPSA) is 49.8 Å². The average molecular weight is 504 g/mol. The van der Waals surface area contributed by atoms with Crippen molar-refractivity contribution in [2.45, 2.75) is 25.7 Å². The predicted molar refractivity (Wildman–Crippen MR) is 144 cm³/mol. The summed E-state index contributed by atoms with van der Waals surface area (Å²) in [6.07, 6.45) is 4.12. The summed E-state index contributed by atoms with van der Waals surface area (Å²) in [7, 11) is 0. The Morgan fingerprint density at radius 3 is 2.56 bits per heavy atom. The number of phenolic OH excluding ortho intramolecular Hbond substituents is 1. The summed E-state index contributed by atoms with van der Waals surface area (Å²) in [6, 6.07) is 20.0. The first-order valence-electron chi connectivity index (χ1n) is 12.5. The van der Waals surface area contributed by atoms with Gasteiger partial charge in [-0.3, -0.25) is 14.1 Å². The van der Waals surface area contributed by atoms with E-state index in [1.165, 1.54) is 30.6 Å². The van der Waals surface area contributed by atoms with Crippen LogP contribution in [0.1, 0.15) is 40.7 Å². The van der Waals surface area contributed by atoms with Crippen LogP contribution in [-0.2, 0) is 6.42 Å². The summed E-state index contributed by atoms with van der Waals surface area (Å²) >= 11 is 1.45. The lowest BCUT2D eigenvalue weighted by atomic mass is 9.95. The molecule has 0 unspecified atom stereocenters. The Morgan fingerprint density at radius 1 is 1.00 bits per heavy atom. The number of rotatable bonds is 9. The minimum atomic E-state index is -0.467. The van der Waals surface area contributed by atoms with Gasteiger partial charge in [0, 0.05) is 39.1 Å². The van der Waals surface area contributed by atoms with E-state index in [2.05, 4.69) is 4.90 Å². The second-order valence-electron chi connectivity index (χ2n) is 9.19. The molecule has 3 aromatic carbocycles. The van der Waals surface area contributed by atoms with Crippen LogP contribution in [0, 0.1) is 0 Å². The number of phenols is 1. The van der Waals surface area contributed by atoms with Gasteiger partial charge in [0.15, 0.2) is 5.78 Å². The third kappa shape index (κ3) is 5.30. The first kappa shape index (κ1) is 24.5. The van der Waals surface area contributed by atoms with Gasteiger partial charge in [0.2, 0.25) is 0 Å². The van der Waals surface area contributed by atoms with Crippen molar-refractivity contribution in [2.24, 2.45) is 0 Å². The molecule has 5 rings (SSSR count). The van der Waals surface area contributed by atoms with Gasteiger partial charge in [-0.15, -0.1) is 11.3 Å². The highest BCUT2D eigenvalue weighted by Crippen LogP contribution is 2.42. The number of piperidine rings is 1. The third-order valence-corrected chi connectivity index (χ3v) is 7.95. The molecule has 186 valence electrons. The number of aryl methyl sites for hydroxylation is 1. The summed E-state index contributed by atoms with van der Waals surface area (Å²) in [5.74, 6) is 0.798. The molecule has 1 saturated heterocycles. The van der Waals surface area contributed by atoms with Crippen LogP contribution in [-0.4, -0.2) is 48.7 Å². The fraction of sp³-hybridized carbons (Fsp3) is 0.300. The summed E-state index contributed by atoms with van der Waals surface area (Å²) in [4.78, 5) is 17.1. The SMILES string of the molecule is O=C(c1ccc(OCCN2CCCCC2)cc1)c1c(-c2ccccc2CCF)sc2cc(O)ccc12. The second-order valence-corrected chi connectivity index (χ2v) is 10.2. The van der Waals surface area contributed by atoms with Gasteiger partial charge in [-0.05, 0) is 79.5 Å². The average Bonchev–Trinajstić information content (AvgIpc) is 3.28. The highest BCUT2D eigenvalue weighted by molar-refractivity contribution is 7.22. The first-order valence-corrected chi connectivity index (χ1v) is 13.4. The predicted octanol–water partition coefficient (Wildman–Crippen LogP) is 6.88. The fourth-order valence-electron chi connectivity index (χ4n) is 4.88. The maximum Gasteiger partial charge on any atom is 0.195 e. The number of hydrogen-bond donors (Lipinski definition) is 1. The van der Waals surface area contributed by atoms with Crippen molar-refractivity contribution in [3.63, 3.8) is 0 Å². The van der Waals surface area contributed by atoms with Crippen molar-refractivity contribution in [3.8, 4) is 21.9 Å². The van der Waals surface area contributed by atoms with E-state index in [-0.39, 0.29) is 18.0 Å². The van der Waals surface area contributed by atoms with Crippen LogP contribution in [0.2, 0.25) is 0 Å². The summed E-state index contributed by atoms with van der Waals surface area (Å²) in [5.41, 5.74) is 2.87. The van der Waals surface area contributed by atoms with Crippen LogP contribution in [0.15, 0.2) is 66.7 Å². The number of aromatic hydroxyl groups is 1. The molecule has 1 N–H and O–H groups in total. The smallest absolute Gasteiger partial charge is 0.195 e. The maximum atomic E-state index is 13.8. The summed E-state index contributed by atoms with van der Waals surface area (Å²) < 4.78 is 20.0. The molecule has 0 radical (unpaired) electrons. The zero-order valence-electron chi connectivity index (χ0n) is 20.2. The van der Waals surface area contributed by atoms with Crippen LogP contribution in [0.25, 0.3) is 20.5 Å². The van der Waals surface area contributed by atoms with E-state index in [1.807, 2.05) is 36.4 Å². The van der Waals surface area contributed by atoms with Gasteiger partial charge in [0.05, 0.1) is 6.67 Å². The van der Waals surface area contributed by atoms with E-state index in [0.29, 0.717) is 17.7 Å². The largest absolute Gasteiger partial charge is 0.508 e. The van der Waals surface area contributed by atoms with Gasteiger partial charge < -0.3 is 9.84 Å². The van der Waals surface area contributed by atoms with Crippen LogP contribution in [0.4, 0.5) is 4.39 Å². The van der Waals surface area contributed by atoms with E-state index in [1.54, 1.807) is 30.3 Å². The van der Waals surface area contributed by atoms with Crippen LogP contribution < -0.4 is 4.74 Å². The lowest BCUT2D eigenvalue weighted by Crippen LogP contribution is -2.33. The monoisotopic (exact) mass is 503 g/mol. The highest BCUT2D eigenvalue weighted by atomic mass is 32.1. The number of fused-ring (bicyclic) bond motifs is 1. The standard InChI is InChI=1S/C30H30FNO3S/c31-15-14-21-6-2-3-7-25(21)30-28(26-13-10-23(33)20-27(26)36-30)29(34)22-8-11-24(12-9-22)35-19-18-32-16-4-1-5-17-32/h2-3,6-13,20,33H,1,4-5,14-19H2. The van der Waals surface area contributed by atoms with Gasteiger partial charge in [0.1, 0.15) is 18.1 Å². The Bertz CT molecular complexity index is 1340. The summed E-state index contributed by atoms with van der Waals surface area (Å²) in [6.45, 7) is 3.35. The lowest BCUT2D eigenvalue weighted by molar-refractivity contribution is 0.104. The van der Waals surface area contributed by atoms with E-state index in [0.717, 1.165) is 51.5 Å². The normalized spacial score (nSPS) is 14.2. The van der Waals surface area contributed by atoms with Gasteiger partial charge in [-0.1, -0.05) is 30.7 Å².